The fourth-order valence-electron chi connectivity index (χ4n) is 3.68. The highest BCUT2D eigenvalue weighted by atomic mass is 32.2. The summed E-state index contributed by atoms with van der Waals surface area (Å²) < 4.78 is 24.8. The average molecular weight is 384 g/mol. The van der Waals surface area contributed by atoms with E-state index in [1.54, 1.807) is 29.4 Å². The van der Waals surface area contributed by atoms with Crippen LogP contribution in [0, 0.1) is 5.92 Å². The highest BCUT2D eigenvalue weighted by molar-refractivity contribution is 7.85. The molecule has 2 aliphatic heterocycles. The molecule has 0 N–H and O–H groups in total. The number of hydrogen-bond acceptors (Lipinski definition) is 5. The Balaban J connectivity index is 1.58. The largest absolute Gasteiger partial charge is 0.338 e. The number of hydrogen-bond donors (Lipinski definition) is 0. The van der Waals surface area contributed by atoms with Crippen LogP contribution in [0.4, 0.5) is 5.69 Å². The molecule has 0 radical (unpaired) electrons. The van der Waals surface area contributed by atoms with Crippen LogP contribution in [0.2, 0.25) is 0 Å². The van der Waals surface area contributed by atoms with Gasteiger partial charge in [-0.25, -0.2) is 4.21 Å². The van der Waals surface area contributed by atoms with Gasteiger partial charge in [0, 0.05) is 34.3 Å². The molecule has 3 heterocycles. The van der Waals surface area contributed by atoms with Gasteiger partial charge in [0.05, 0.1) is 29.7 Å². The van der Waals surface area contributed by atoms with Crippen LogP contribution in [0.3, 0.4) is 0 Å². The van der Waals surface area contributed by atoms with Gasteiger partial charge in [0.2, 0.25) is 0 Å². The van der Waals surface area contributed by atoms with E-state index in [0.717, 1.165) is 24.9 Å². The summed E-state index contributed by atoms with van der Waals surface area (Å²) in [6, 6.07) is 8.97. The van der Waals surface area contributed by atoms with E-state index in [2.05, 4.69) is 4.98 Å². The molecular formula is C20H20N2O4S. The zero-order valence-corrected chi connectivity index (χ0v) is 15.6. The third kappa shape index (κ3) is 2.81. The summed E-state index contributed by atoms with van der Waals surface area (Å²) in [5, 5.41) is 0. The number of aromatic nitrogens is 1. The Morgan fingerprint density at radius 3 is 2.56 bits per heavy atom. The third-order valence-corrected chi connectivity index (χ3v) is 6.64. The minimum absolute atomic E-state index is 0.157. The molecule has 140 valence electrons. The standard InChI is InChI=1S/C20H20N2O4S/c23-19-20(25-10-1-11-26-20)17-12-16(27(24)15-6-8-21-9-7-15)4-5-18(17)22(19)13-14-2-3-14/h4-9,12,14H,1-3,10-11,13H2. The number of fused-ring (bicyclic) bond motifs is 2. The van der Waals surface area contributed by atoms with Crippen molar-refractivity contribution >= 4 is 22.4 Å². The van der Waals surface area contributed by atoms with Crippen molar-refractivity contribution < 1.29 is 18.5 Å². The van der Waals surface area contributed by atoms with E-state index in [1.807, 2.05) is 18.2 Å². The second-order valence-electron chi connectivity index (χ2n) is 7.16. The van der Waals surface area contributed by atoms with Crippen LogP contribution >= 0.6 is 0 Å². The normalized spacial score (nSPS) is 22.1. The van der Waals surface area contributed by atoms with Gasteiger partial charge >= 0.3 is 0 Å². The quantitative estimate of drug-likeness (QED) is 0.811. The molecule has 1 unspecified atom stereocenters. The van der Waals surface area contributed by atoms with Crippen molar-refractivity contribution in [2.45, 2.75) is 34.8 Å². The molecule has 1 aromatic heterocycles. The van der Waals surface area contributed by atoms with Gasteiger partial charge in [-0.15, -0.1) is 0 Å². The van der Waals surface area contributed by atoms with E-state index in [0.29, 0.717) is 41.0 Å². The maximum atomic E-state index is 13.2. The van der Waals surface area contributed by atoms with Gasteiger partial charge in [-0.1, -0.05) is 0 Å². The number of pyridine rings is 1. The van der Waals surface area contributed by atoms with Gasteiger partial charge in [0.1, 0.15) is 0 Å². The van der Waals surface area contributed by atoms with Crippen LogP contribution in [0.5, 0.6) is 0 Å². The first kappa shape index (κ1) is 17.0. The lowest BCUT2D eigenvalue weighted by molar-refractivity contribution is -0.256. The van der Waals surface area contributed by atoms with Gasteiger partial charge in [-0.05, 0) is 55.5 Å². The Kier molecular flexibility index (Phi) is 4.11. The Hall–Kier alpha value is -2.09. The highest BCUT2D eigenvalue weighted by Gasteiger charge is 2.55. The number of carbonyl (C=O) groups excluding carboxylic acids is 1. The summed E-state index contributed by atoms with van der Waals surface area (Å²) in [6.07, 6.45) is 6.30. The molecule has 1 amide bonds. The lowest BCUT2D eigenvalue weighted by atomic mass is 10.1. The lowest BCUT2D eigenvalue weighted by Gasteiger charge is -2.32. The zero-order valence-electron chi connectivity index (χ0n) is 14.8. The molecule has 0 bridgehead atoms. The van der Waals surface area contributed by atoms with Crippen molar-refractivity contribution in [1.29, 1.82) is 0 Å². The van der Waals surface area contributed by atoms with Crippen LogP contribution in [0.15, 0.2) is 52.5 Å². The number of carbonyl (C=O) groups is 1. The van der Waals surface area contributed by atoms with E-state index in [-0.39, 0.29) is 5.91 Å². The summed E-state index contributed by atoms with van der Waals surface area (Å²) >= 11 is 0. The highest BCUT2D eigenvalue weighted by Crippen LogP contribution is 2.47. The SMILES string of the molecule is O=C1N(CC2CC2)c2ccc(S(=O)c3ccncc3)cc2C12OCCCO2. The number of anilines is 1. The molecular weight excluding hydrogens is 364 g/mol. The minimum Gasteiger partial charge on any atom is -0.338 e. The summed E-state index contributed by atoms with van der Waals surface area (Å²) in [5.41, 5.74) is 1.48. The van der Waals surface area contributed by atoms with Gasteiger partial charge in [0.25, 0.3) is 11.7 Å². The predicted molar refractivity (Wildman–Crippen MR) is 98.6 cm³/mol. The zero-order chi connectivity index (χ0) is 18.4. The van der Waals surface area contributed by atoms with Crippen molar-refractivity contribution in [2.24, 2.45) is 5.92 Å². The van der Waals surface area contributed by atoms with Crippen LogP contribution in [0.25, 0.3) is 0 Å². The average Bonchev–Trinajstić information content (AvgIpc) is 3.53. The molecule has 3 aliphatic rings. The van der Waals surface area contributed by atoms with Gasteiger partial charge in [-0.3, -0.25) is 9.78 Å². The molecule has 1 spiro atoms. The third-order valence-electron chi connectivity index (χ3n) is 5.26. The van der Waals surface area contributed by atoms with E-state index < -0.39 is 16.6 Å². The maximum Gasteiger partial charge on any atom is 0.292 e. The summed E-state index contributed by atoms with van der Waals surface area (Å²) in [5.74, 6) is -0.997. The summed E-state index contributed by atoms with van der Waals surface area (Å²) in [4.78, 5) is 20.3. The van der Waals surface area contributed by atoms with Gasteiger partial charge in [-0.2, -0.15) is 0 Å². The first-order chi connectivity index (χ1) is 13.2. The molecule has 1 aliphatic carbocycles. The van der Waals surface area contributed by atoms with Crippen LogP contribution in [-0.2, 0) is 30.9 Å². The van der Waals surface area contributed by atoms with E-state index >= 15 is 0 Å². The second kappa shape index (κ2) is 6.51. The number of nitrogens with zero attached hydrogens (tertiary/aromatic N) is 2. The Morgan fingerprint density at radius 2 is 1.85 bits per heavy atom. The number of benzene rings is 1. The topological polar surface area (TPSA) is 68.7 Å². The van der Waals surface area contributed by atoms with Gasteiger partial charge in [0.15, 0.2) is 0 Å². The minimum atomic E-state index is -1.39. The van der Waals surface area contributed by atoms with Crippen molar-refractivity contribution in [2.75, 3.05) is 24.7 Å². The lowest BCUT2D eigenvalue weighted by Crippen LogP contribution is -2.47. The Bertz CT molecular complexity index is 907. The Labute approximate surface area is 159 Å². The molecule has 1 aromatic carbocycles. The maximum absolute atomic E-state index is 13.2. The van der Waals surface area contributed by atoms with E-state index in [9.17, 15) is 9.00 Å². The molecule has 2 aromatic rings. The molecule has 7 heteroatoms. The van der Waals surface area contributed by atoms with Crippen LogP contribution in [0.1, 0.15) is 24.8 Å². The van der Waals surface area contributed by atoms with Crippen molar-refractivity contribution in [3.05, 3.63) is 48.3 Å². The number of ether oxygens (including phenoxy) is 2. The van der Waals surface area contributed by atoms with Crippen molar-refractivity contribution in [1.82, 2.24) is 4.98 Å². The number of rotatable bonds is 4. The smallest absolute Gasteiger partial charge is 0.292 e. The molecule has 1 saturated carbocycles. The molecule has 2 fully saturated rings. The Morgan fingerprint density at radius 1 is 1.11 bits per heavy atom. The monoisotopic (exact) mass is 384 g/mol. The fourth-order valence-corrected chi connectivity index (χ4v) is 4.74. The van der Waals surface area contributed by atoms with Gasteiger partial charge < -0.3 is 14.4 Å². The van der Waals surface area contributed by atoms with Crippen LogP contribution < -0.4 is 4.90 Å². The second-order valence-corrected chi connectivity index (χ2v) is 8.64. The fraction of sp³-hybridized carbons (Fsp3) is 0.400. The molecule has 6 nitrogen and oxygen atoms in total. The predicted octanol–water partition coefficient (Wildman–Crippen LogP) is 2.59. The molecule has 5 rings (SSSR count). The first-order valence-corrected chi connectivity index (χ1v) is 10.4. The first-order valence-electron chi connectivity index (χ1n) is 9.25. The molecule has 27 heavy (non-hydrogen) atoms. The van der Waals surface area contributed by atoms with E-state index in [1.165, 1.54) is 0 Å². The van der Waals surface area contributed by atoms with E-state index in [4.69, 9.17) is 9.47 Å². The summed E-state index contributed by atoms with van der Waals surface area (Å²) in [6.45, 7) is 1.63. The number of amides is 1. The molecule has 1 saturated heterocycles. The van der Waals surface area contributed by atoms with Crippen molar-refractivity contribution in [3.63, 3.8) is 0 Å². The molecule has 1 atom stereocenters. The van der Waals surface area contributed by atoms with Crippen LogP contribution in [-0.4, -0.2) is 34.9 Å². The summed E-state index contributed by atoms with van der Waals surface area (Å²) in [7, 11) is -1.36. The van der Waals surface area contributed by atoms with Crippen molar-refractivity contribution in [3.8, 4) is 0 Å².